The third-order valence-corrected chi connectivity index (χ3v) is 7.43. The molecule has 3 aliphatic heterocycles. The van der Waals surface area contributed by atoms with E-state index in [-0.39, 0.29) is 24.8 Å². The van der Waals surface area contributed by atoms with E-state index >= 15 is 0 Å². The van der Waals surface area contributed by atoms with E-state index in [9.17, 15) is 14.4 Å². The number of hydrogen-bond donors (Lipinski definition) is 1. The highest BCUT2D eigenvalue weighted by Crippen LogP contribution is 2.31. The van der Waals surface area contributed by atoms with Crippen LogP contribution in [0.25, 0.3) is 0 Å². The molecule has 3 aliphatic rings. The fourth-order valence-electron chi connectivity index (χ4n) is 5.53. The molecule has 4 amide bonds. The number of hydrogen-bond acceptors (Lipinski definition) is 5. The first-order valence-electron chi connectivity index (χ1n) is 12.2. The lowest BCUT2D eigenvalue weighted by atomic mass is 9.83. The molecule has 1 N–H and O–H groups in total. The summed E-state index contributed by atoms with van der Waals surface area (Å²) in [5, 5.41) is 2.70. The molecule has 0 spiro atoms. The predicted octanol–water partition coefficient (Wildman–Crippen LogP) is 2.27. The van der Waals surface area contributed by atoms with Gasteiger partial charge in [0.1, 0.15) is 11.8 Å². The van der Waals surface area contributed by atoms with Crippen molar-refractivity contribution in [3.05, 3.63) is 29.8 Å². The van der Waals surface area contributed by atoms with Gasteiger partial charge in [-0.2, -0.15) is 0 Å². The Hall–Kier alpha value is -2.61. The van der Waals surface area contributed by atoms with Crippen molar-refractivity contribution in [3.63, 3.8) is 0 Å². The van der Waals surface area contributed by atoms with Crippen molar-refractivity contribution in [3.8, 4) is 5.75 Å². The summed E-state index contributed by atoms with van der Waals surface area (Å²) in [6, 6.07) is 6.94. The molecule has 0 radical (unpaired) electrons. The molecule has 0 saturated carbocycles. The number of fused-ring (bicyclic) bond motifs is 1. The Morgan fingerprint density at radius 2 is 1.88 bits per heavy atom. The van der Waals surface area contributed by atoms with Crippen LogP contribution in [0.3, 0.4) is 0 Å². The SMILES string of the molecule is COc1ccc(CCN2C(=O)N[C@H](CC(=O)N(C)C[C@H]3CCCN4CCCC[C@@H]34)C2=O)cc1. The summed E-state index contributed by atoms with van der Waals surface area (Å²) in [6.07, 6.45) is 6.67. The number of urea groups is 1. The molecule has 8 heteroatoms. The Balaban J connectivity index is 1.27. The highest BCUT2D eigenvalue weighted by molar-refractivity contribution is 6.05. The highest BCUT2D eigenvalue weighted by Gasteiger charge is 2.40. The Labute approximate surface area is 196 Å². The second-order valence-electron chi connectivity index (χ2n) is 9.57. The summed E-state index contributed by atoms with van der Waals surface area (Å²) in [5.41, 5.74) is 1.01. The van der Waals surface area contributed by atoms with Crippen LogP contribution in [0, 0.1) is 5.92 Å². The van der Waals surface area contributed by atoms with Gasteiger partial charge in [-0.3, -0.25) is 14.5 Å². The molecule has 3 heterocycles. The molecule has 3 saturated heterocycles. The predicted molar refractivity (Wildman–Crippen MR) is 125 cm³/mol. The number of methoxy groups -OCH3 is 1. The van der Waals surface area contributed by atoms with Crippen molar-refractivity contribution < 1.29 is 19.1 Å². The molecule has 8 nitrogen and oxygen atoms in total. The number of amides is 4. The fraction of sp³-hybridized carbons (Fsp3) is 0.640. The molecule has 3 atom stereocenters. The van der Waals surface area contributed by atoms with E-state index in [4.69, 9.17) is 4.74 Å². The minimum atomic E-state index is -0.777. The monoisotopic (exact) mass is 456 g/mol. The summed E-state index contributed by atoms with van der Waals surface area (Å²) >= 11 is 0. The topological polar surface area (TPSA) is 82.2 Å². The molecule has 1 aromatic rings. The van der Waals surface area contributed by atoms with Crippen LogP contribution in [0.15, 0.2) is 24.3 Å². The van der Waals surface area contributed by atoms with Crippen molar-refractivity contribution in [2.24, 2.45) is 5.92 Å². The normalized spacial score (nSPS) is 25.5. The van der Waals surface area contributed by atoms with Gasteiger partial charge < -0.3 is 19.9 Å². The van der Waals surface area contributed by atoms with Crippen molar-refractivity contribution in [1.82, 2.24) is 20.0 Å². The van der Waals surface area contributed by atoms with Gasteiger partial charge in [0.25, 0.3) is 5.91 Å². The van der Waals surface area contributed by atoms with E-state index in [2.05, 4.69) is 10.2 Å². The van der Waals surface area contributed by atoms with Crippen molar-refractivity contribution in [2.75, 3.05) is 40.3 Å². The van der Waals surface area contributed by atoms with Gasteiger partial charge in [-0.1, -0.05) is 18.6 Å². The molecule has 33 heavy (non-hydrogen) atoms. The van der Waals surface area contributed by atoms with Crippen LogP contribution in [0.2, 0.25) is 0 Å². The molecular formula is C25H36N4O4. The van der Waals surface area contributed by atoms with E-state index in [1.165, 1.54) is 43.7 Å². The van der Waals surface area contributed by atoms with Gasteiger partial charge in [-0.25, -0.2) is 4.79 Å². The van der Waals surface area contributed by atoms with Gasteiger partial charge >= 0.3 is 6.03 Å². The minimum absolute atomic E-state index is 0.0151. The number of rotatable bonds is 8. The van der Waals surface area contributed by atoms with Gasteiger partial charge in [-0.15, -0.1) is 0 Å². The largest absolute Gasteiger partial charge is 0.497 e. The van der Waals surface area contributed by atoms with E-state index in [1.54, 1.807) is 12.0 Å². The Morgan fingerprint density at radius 3 is 2.64 bits per heavy atom. The smallest absolute Gasteiger partial charge is 0.324 e. The summed E-state index contributed by atoms with van der Waals surface area (Å²) in [7, 11) is 3.44. The number of ether oxygens (including phenoxy) is 1. The molecule has 0 unspecified atom stereocenters. The molecule has 0 aromatic heterocycles. The zero-order chi connectivity index (χ0) is 23.4. The maximum atomic E-state index is 12.9. The van der Waals surface area contributed by atoms with Gasteiger partial charge in [0.15, 0.2) is 0 Å². The van der Waals surface area contributed by atoms with Gasteiger partial charge in [0.2, 0.25) is 5.91 Å². The number of nitrogens with one attached hydrogen (secondary N) is 1. The molecule has 180 valence electrons. The Morgan fingerprint density at radius 1 is 1.12 bits per heavy atom. The third kappa shape index (κ3) is 5.49. The lowest BCUT2D eigenvalue weighted by Crippen LogP contribution is -2.51. The average Bonchev–Trinajstić information content (AvgIpc) is 3.10. The number of benzene rings is 1. The standard InChI is InChI=1S/C25H36N4O4/c1-27(17-19-6-5-14-28-13-4-3-7-22(19)28)23(30)16-21-24(31)29(25(32)26-21)15-12-18-8-10-20(33-2)11-9-18/h8-11,19,21-22H,3-7,12-17H2,1-2H3,(H,26,32)/t19-,21-,22+/m1/s1. The molecule has 1 aromatic carbocycles. The lowest BCUT2D eigenvalue weighted by Gasteiger charge is -2.45. The van der Waals surface area contributed by atoms with Crippen molar-refractivity contribution in [1.29, 1.82) is 0 Å². The first-order chi connectivity index (χ1) is 16.0. The zero-order valence-electron chi connectivity index (χ0n) is 19.8. The van der Waals surface area contributed by atoms with Gasteiger partial charge in [0.05, 0.1) is 13.5 Å². The van der Waals surface area contributed by atoms with E-state index in [0.29, 0.717) is 18.4 Å². The first kappa shape index (κ1) is 23.5. The third-order valence-electron chi connectivity index (χ3n) is 7.43. The molecule has 0 aliphatic carbocycles. The Kier molecular flexibility index (Phi) is 7.53. The lowest BCUT2D eigenvalue weighted by molar-refractivity contribution is -0.135. The summed E-state index contributed by atoms with van der Waals surface area (Å²) < 4.78 is 5.16. The van der Waals surface area contributed by atoms with Crippen LogP contribution in [-0.4, -0.2) is 85.0 Å². The van der Waals surface area contributed by atoms with Crippen LogP contribution in [0.5, 0.6) is 5.75 Å². The number of imide groups is 1. The summed E-state index contributed by atoms with van der Waals surface area (Å²) in [4.78, 5) is 43.7. The van der Waals surface area contributed by atoms with Gasteiger partial charge in [0, 0.05) is 26.2 Å². The molecule has 0 bridgehead atoms. The van der Waals surface area contributed by atoms with E-state index in [0.717, 1.165) is 24.3 Å². The second-order valence-corrected chi connectivity index (χ2v) is 9.57. The summed E-state index contributed by atoms with van der Waals surface area (Å²) in [5.74, 6) is 0.855. The molecule has 4 rings (SSSR count). The number of nitrogens with zero attached hydrogens (tertiary/aromatic N) is 3. The van der Waals surface area contributed by atoms with Crippen molar-refractivity contribution in [2.45, 2.75) is 57.0 Å². The zero-order valence-corrected chi connectivity index (χ0v) is 19.8. The van der Waals surface area contributed by atoms with Crippen LogP contribution >= 0.6 is 0 Å². The maximum Gasteiger partial charge on any atom is 0.324 e. The number of carbonyl (C=O) groups is 3. The number of carbonyl (C=O) groups excluding carboxylic acids is 3. The van der Waals surface area contributed by atoms with Crippen molar-refractivity contribution >= 4 is 17.8 Å². The van der Waals surface area contributed by atoms with Crippen LogP contribution in [0.4, 0.5) is 4.79 Å². The van der Waals surface area contributed by atoms with Crippen LogP contribution in [0.1, 0.15) is 44.1 Å². The molecule has 3 fully saturated rings. The minimum Gasteiger partial charge on any atom is -0.497 e. The quantitative estimate of drug-likeness (QED) is 0.607. The highest BCUT2D eigenvalue weighted by atomic mass is 16.5. The van der Waals surface area contributed by atoms with Crippen LogP contribution < -0.4 is 10.1 Å². The average molecular weight is 457 g/mol. The summed E-state index contributed by atoms with van der Waals surface area (Å²) in [6.45, 7) is 3.36. The molecular weight excluding hydrogens is 420 g/mol. The van der Waals surface area contributed by atoms with E-state index < -0.39 is 12.1 Å². The first-order valence-corrected chi connectivity index (χ1v) is 12.2. The fourth-order valence-corrected chi connectivity index (χ4v) is 5.53. The van der Waals surface area contributed by atoms with E-state index in [1.807, 2.05) is 31.3 Å². The van der Waals surface area contributed by atoms with Gasteiger partial charge in [-0.05, 0) is 68.8 Å². The Bertz CT molecular complexity index is 856. The maximum absolute atomic E-state index is 12.9. The van der Waals surface area contributed by atoms with Crippen LogP contribution in [-0.2, 0) is 16.0 Å². The number of piperidine rings is 2. The second kappa shape index (κ2) is 10.5.